The maximum atomic E-state index is 10.4. The van der Waals surface area contributed by atoms with Crippen molar-refractivity contribution in [2.45, 2.75) is 6.42 Å². The number of carboxylic acid groups (broad SMARTS) is 2. The van der Waals surface area contributed by atoms with E-state index < -0.39 is 11.9 Å². The zero-order valence-electron chi connectivity index (χ0n) is 6.73. The fraction of sp³-hybridized carbons (Fsp3) is 0.111. The molecule has 1 rings (SSSR count). The molecule has 0 aliphatic heterocycles. The Morgan fingerprint density at radius 2 is 1.62 bits per heavy atom. The van der Waals surface area contributed by atoms with E-state index in [2.05, 4.69) is 0 Å². The zero-order chi connectivity index (χ0) is 9.84. The Morgan fingerprint density at radius 1 is 1.08 bits per heavy atom. The SMILES string of the molecule is O=C(O)Cc1ccc(C(=O)O)cc1. The van der Waals surface area contributed by atoms with Crippen LogP contribution in [0.25, 0.3) is 0 Å². The smallest absolute Gasteiger partial charge is 0.335 e. The van der Waals surface area contributed by atoms with E-state index in [1.165, 1.54) is 24.3 Å². The Kier molecular flexibility index (Phi) is 2.64. The van der Waals surface area contributed by atoms with Gasteiger partial charge in [-0.25, -0.2) is 4.79 Å². The van der Waals surface area contributed by atoms with Crippen LogP contribution in [0.2, 0.25) is 0 Å². The number of benzene rings is 1. The van der Waals surface area contributed by atoms with Crippen LogP contribution in [-0.4, -0.2) is 22.2 Å². The van der Waals surface area contributed by atoms with Gasteiger partial charge in [-0.3, -0.25) is 4.79 Å². The quantitative estimate of drug-likeness (QED) is 0.727. The monoisotopic (exact) mass is 180 g/mol. The third kappa shape index (κ3) is 2.59. The van der Waals surface area contributed by atoms with E-state index in [0.29, 0.717) is 5.56 Å². The minimum absolute atomic E-state index is 0.0834. The molecule has 4 nitrogen and oxygen atoms in total. The van der Waals surface area contributed by atoms with E-state index in [4.69, 9.17) is 10.2 Å². The van der Waals surface area contributed by atoms with Gasteiger partial charge in [0.05, 0.1) is 12.0 Å². The largest absolute Gasteiger partial charge is 0.481 e. The predicted octanol–water partition coefficient (Wildman–Crippen LogP) is 1.01. The van der Waals surface area contributed by atoms with Crippen molar-refractivity contribution in [2.75, 3.05) is 0 Å². The highest BCUT2D eigenvalue weighted by Gasteiger charge is 2.03. The molecule has 68 valence electrons. The van der Waals surface area contributed by atoms with Gasteiger partial charge in [0.2, 0.25) is 0 Å². The first kappa shape index (κ1) is 9.25. The normalized spacial score (nSPS) is 9.54. The van der Waals surface area contributed by atoms with Crippen molar-refractivity contribution in [3.05, 3.63) is 35.4 Å². The second-order valence-electron chi connectivity index (χ2n) is 2.57. The zero-order valence-corrected chi connectivity index (χ0v) is 6.73. The molecule has 0 heterocycles. The summed E-state index contributed by atoms with van der Waals surface area (Å²) in [5.74, 6) is -1.94. The van der Waals surface area contributed by atoms with E-state index in [0.717, 1.165) is 0 Å². The number of hydrogen-bond donors (Lipinski definition) is 2. The fourth-order valence-corrected chi connectivity index (χ4v) is 0.940. The summed E-state index contributed by atoms with van der Waals surface area (Å²) in [6.45, 7) is 0. The summed E-state index contributed by atoms with van der Waals surface area (Å²) in [4.78, 5) is 20.7. The first-order chi connectivity index (χ1) is 6.09. The van der Waals surface area contributed by atoms with Crippen molar-refractivity contribution in [2.24, 2.45) is 0 Å². The number of hydrogen-bond acceptors (Lipinski definition) is 2. The van der Waals surface area contributed by atoms with E-state index in [9.17, 15) is 9.59 Å². The van der Waals surface area contributed by atoms with Crippen molar-refractivity contribution in [3.8, 4) is 0 Å². The average Bonchev–Trinajstić information content (AvgIpc) is 2.04. The van der Waals surface area contributed by atoms with Crippen LogP contribution in [0.5, 0.6) is 0 Å². The molecule has 0 aliphatic carbocycles. The maximum Gasteiger partial charge on any atom is 0.335 e. The molecule has 2 N–H and O–H groups in total. The van der Waals surface area contributed by atoms with Crippen molar-refractivity contribution in [3.63, 3.8) is 0 Å². The van der Waals surface area contributed by atoms with Crippen molar-refractivity contribution >= 4 is 11.9 Å². The van der Waals surface area contributed by atoms with Crippen LogP contribution >= 0.6 is 0 Å². The molecule has 0 unspecified atom stereocenters. The molecular weight excluding hydrogens is 172 g/mol. The first-order valence-corrected chi connectivity index (χ1v) is 3.63. The Bertz CT molecular complexity index is 326. The summed E-state index contributed by atoms with van der Waals surface area (Å²) in [7, 11) is 0. The maximum absolute atomic E-state index is 10.4. The van der Waals surface area contributed by atoms with Crippen molar-refractivity contribution < 1.29 is 19.8 Å². The average molecular weight is 180 g/mol. The standard InChI is InChI=1S/C9H8O4/c10-8(11)5-6-1-3-7(4-2-6)9(12)13/h1-4H,5H2,(H,10,11)(H,12,13). The van der Waals surface area contributed by atoms with E-state index >= 15 is 0 Å². The van der Waals surface area contributed by atoms with E-state index in [1.54, 1.807) is 0 Å². The van der Waals surface area contributed by atoms with Gasteiger partial charge in [0.15, 0.2) is 0 Å². The van der Waals surface area contributed by atoms with Gasteiger partial charge in [0.1, 0.15) is 0 Å². The Labute approximate surface area is 74.4 Å². The van der Waals surface area contributed by atoms with Crippen LogP contribution in [-0.2, 0) is 11.2 Å². The Balaban J connectivity index is 2.81. The van der Waals surface area contributed by atoms with Gasteiger partial charge in [0.25, 0.3) is 0 Å². The lowest BCUT2D eigenvalue weighted by Gasteiger charge is -1.97. The molecule has 0 fully saturated rings. The lowest BCUT2D eigenvalue weighted by atomic mass is 10.1. The number of carbonyl (C=O) groups is 2. The predicted molar refractivity (Wildman–Crippen MR) is 44.7 cm³/mol. The van der Waals surface area contributed by atoms with Gasteiger partial charge in [-0.05, 0) is 17.7 Å². The van der Waals surface area contributed by atoms with Gasteiger partial charge >= 0.3 is 11.9 Å². The highest BCUT2D eigenvalue weighted by Crippen LogP contribution is 2.04. The Hall–Kier alpha value is -1.84. The molecule has 0 radical (unpaired) electrons. The molecule has 0 saturated heterocycles. The highest BCUT2D eigenvalue weighted by molar-refractivity contribution is 5.87. The van der Waals surface area contributed by atoms with Crippen LogP contribution in [0.4, 0.5) is 0 Å². The lowest BCUT2D eigenvalue weighted by Crippen LogP contribution is -2.01. The van der Waals surface area contributed by atoms with E-state index in [1.807, 2.05) is 0 Å². The highest BCUT2D eigenvalue weighted by atomic mass is 16.4. The molecule has 0 aliphatic rings. The molecule has 0 spiro atoms. The summed E-state index contributed by atoms with van der Waals surface area (Å²) in [6.07, 6.45) is -0.0834. The second-order valence-corrected chi connectivity index (χ2v) is 2.57. The number of carboxylic acids is 2. The summed E-state index contributed by atoms with van der Waals surface area (Å²) in [6, 6.07) is 5.77. The van der Waals surface area contributed by atoms with Crippen molar-refractivity contribution in [1.29, 1.82) is 0 Å². The van der Waals surface area contributed by atoms with Gasteiger partial charge < -0.3 is 10.2 Å². The molecule has 0 saturated carbocycles. The van der Waals surface area contributed by atoms with Gasteiger partial charge in [-0.15, -0.1) is 0 Å². The fourth-order valence-electron chi connectivity index (χ4n) is 0.940. The van der Waals surface area contributed by atoms with E-state index in [-0.39, 0.29) is 12.0 Å². The lowest BCUT2D eigenvalue weighted by molar-refractivity contribution is -0.136. The van der Waals surface area contributed by atoms with Crippen LogP contribution < -0.4 is 0 Å². The van der Waals surface area contributed by atoms with Crippen LogP contribution in [0, 0.1) is 0 Å². The van der Waals surface area contributed by atoms with Gasteiger partial charge in [0, 0.05) is 0 Å². The molecule has 0 atom stereocenters. The molecule has 0 amide bonds. The second kappa shape index (κ2) is 3.71. The van der Waals surface area contributed by atoms with Crippen LogP contribution in [0.15, 0.2) is 24.3 Å². The van der Waals surface area contributed by atoms with Gasteiger partial charge in [-0.2, -0.15) is 0 Å². The summed E-state index contributed by atoms with van der Waals surface area (Å²) >= 11 is 0. The van der Waals surface area contributed by atoms with Crippen LogP contribution in [0.1, 0.15) is 15.9 Å². The summed E-state index contributed by atoms with van der Waals surface area (Å²) in [5.41, 5.74) is 0.756. The molecule has 0 bridgehead atoms. The Morgan fingerprint density at radius 3 is 2.00 bits per heavy atom. The summed E-state index contributed by atoms with van der Waals surface area (Å²) < 4.78 is 0. The molecule has 1 aromatic rings. The van der Waals surface area contributed by atoms with Crippen LogP contribution in [0.3, 0.4) is 0 Å². The third-order valence-corrected chi connectivity index (χ3v) is 1.56. The molecule has 1 aromatic carbocycles. The number of aromatic carboxylic acids is 1. The minimum atomic E-state index is -1.01. The number of rotatable bonds is 3. The topological polar surface area (TPSA) is 74.6 Å². The third-order valence-electron chi connectivity index (χ3n) is 1.56. The summed E-state index contributed by atoms with van der Waals surface area (Å²) in [5, 5.41) is 17.0. The van der Waals surface area contributed by atoms with Gasteiger partial charge in [-0.1, -0.05) is 12.1 Å². The molecule has 4 heteroatoms. The first-order valence-electron chi connectivity index (χ1n) is 3.63. The molecule has 13 heavy (non-hydrogen) atoms. The van der Waals surface area contributed by atoms with Crippen molar-refractivity contribution in [1.82, 2.24) is 0 Å². The minimum Gasteiger partial charge on any atom is -0.481 e. The number of aliphatic carboxylic acids is 1. The molecule has 0 aromatic heterocycles. The molecular formula is C9H8O4.